The fourth-order valence-corrected chi connectivity index (χ4v) is 1.23. The van der Waals surface area contributed by atoms with E-state index in [2.05, 4.69) is 15.9 Å². The molecule has 0 aliphatic heterocycles. The number of halogens is 2. The lowest BCUT2D eigenvalue weighted by Crippen LogP contribution is -2.16. The third-order valence-electron chi connectivity index (χ3n) is 1.80. The van der Waals surface area contributed by atoms with E-state index in [1.807, 2.05) is 6.92 Å². The van der Waals surface area contributed by atoms with Gasteiger partial charge in [0.2, 0.25) is 0 Å². The van der Waals surface area contributed by atoms with Gasteiger partial charge in [-0.25, -0.2) is 4.39 Å². The van der Waals surface area contributed by atoms with E-state index < -0.39 is 11.9 Å². The van der Waals surface area contributed by atoms with Crippen molar-refractivity contribution in [1.82, 2.24) is 0 Å². The summed E-state index contributed by atoms with van der Waals surface area (Å²) in [5, 5.41) is 9.21. The van der Waals surface area contributed by atoms with Crippen molar-refractivity contribution >= 4 is 15.9 Å². The molecule has 0 saturated heterocycles. The fraction of sp³-hybridized carbons (Fsp3) is 0.400. The van der Waals surface area contributed by atoms with Gasteiger partial charge < -0.3 is 9.84 Å². The molecule has 78 valence electrons. The van der Waals surface area contributed by atoms with Crippen LogP contribution in [0.25, 0.3) is 0 Å². The molecule has 1 N–H and O–H groups in total. The Morgan fingerprint density at radius 3 is 2.86 bits per heavy atom. The zero-order valence-electron chi connectivity index (χ0n) is 7.84. The topological polar surface area (TPSA) is 29.5 Å². The Morgan fingerprint density at radius 1 is 1.57 bits per heavy atom. The van der Waals surface area contributed by atoms with Crippen molar-refractivity contribution in [2.75, 3.05) is 6.61 Å². The number of aliphatic hydroxyl groups is 1. The summed E-state index contributed by atoms with van der Waals surface area (Å²) in [5.74, 6) is -0.261. The Labute approximate surface area is 90.8 Å². The van der Waals surface area contributed by atoms with Crippen LogP contribution in [0.1, 0.15) is 13.3 Å². The van der Waals surface area contributed by atoms with Gasteiger partial charge in [-0.2, -0.15) is 0 Å². The highest BCUT2D eigenvalue weighted by Crippen LogP contribution is 2.21. The van der Waals surface area contributed by atoms with Crippen LogP contribution in [-0.2, 0) is 0 Å². The zero-order valence-corrected chi connectivity index (χ0v) is 9.42. The van der Waals surface area contributed by atoms with E-state index >= 15 is 0 Å². The zero-order chi connectivity index (χ0) is 10.6. The minimum Gasteiger partial charge on any atom is -0.488 e. The molecule has 1 aromatic rings. The standard InChI is InChI=1S/C10H12BrFO2/c1-2-8(13)6-14-10-4-3-7(11)5-9(10)12/h3-5,8,13H,2,6H2,1H3. The Bertz CT molecular complexity index is 304. The van der Waals surface area contributed by atoms with Crippen molar-refractivity contribution in [2.45, 2.75) is 19.4 Å². The number of benzene rings is 1. The molecule has 2 nitrogen and oxygen atoms in total. The number of aliphatic hydroxyl groups excluding tert-OH is 1. The first-order valence-corrected chi connectivity index (χ1v) is 5.18. The molecule has 1 rings (SSSR count). The fourth-order valence-electron chi connectivity index (χ4n) is 0.896. The van der Waals surface area contributed by atoms with Gasteiger partial charge in [0.1, 0.15) is 6.61 Å². The van der Waals surface area contributed by atoms with Crippen LogP contribution >= 0.6 is 15.9 Å². The van der Waals surface area contributed by atoms with Crippen LogP contribution in [0.3, 0.4) is 0 Å². The first-order valence-electron chi connectivity index (χ1n) is 4.39. The van der Waals surface area contributed by atoms with Crippen molar-refractivity contribution in [2.24, 2.45) is 0 Å². The Hall–Kier alpha value is -0.610. The molecule has 1 aromatic carbocycles. The van der Waals surface area contributed by atoms with Crippen LogP contribution in [0.15, 0.2) is 22.7 Å². The average Bonchev–Trinajstić information content (AvgIpc) is 2.16. The molecule has 4 heteroatoms. The lowest BCUT2D eigenvalue weighted by molar-refractivity contribution is 0.102. The molecular formula is C10H12BrFO2. The van der Waals surface area contributed by atoms with Crippen LogP contribution in [0.5, 0.6) is 5.75 Å². The van der Waals surface area contributed by atoms with Crippen LogP contribution < -0.4 is 4.74 Å². The lowest BCUT2D eigenvalue weighted by atomic mass is 10.3. The second kappa shape index (κ2) is 5.32. The van der Waals surface area contributed by atoms with Crippen molar-refractivity contribution < 1.29 is 14.2 Å². The first kappa shape index (κ1) is 11.5. The Morgan fingerprint density at radius 2 is 2.29 bits per heavy atom. The molecule has 0 spiro atoms. The number of ether oxygens (including phenoxy) is 1. The molecule has 14 heavy (non-hydrogen) atoms. The van der Waals surface area contributed by atoms with Crippen LogP contribution in [-0.4, -0.2) is 17.8 Å². The van der Waals surface area contributed by atoms with Gasteiger partial charge in [-0.3, -0.25) is 0 Å². The summed E-state index contributed by atoms with van der Waals surface area (Å²) < 4.78 is 18.9. The largest absolute Gasteiger partial charge is 0.488 e. The molecule has 0 amide bonds. The Balaban J connectivity index is 2.59. The van der Waals surface area contributed by atoms with Gasteiger partial charge in [0.05, 0.1) is 6.10 Å². The monoisotopic (exact) mass is 262 g/mol. The Kier molecular flexibility index (Phi) is 4.35. The predicted octanol–water partition coefficient (Wildman–Crippen LogP) is 2.74. The first-order chi connectivity index (χ1) is 6.63. The molecule has 0 aliphatic carbocycles. The number of rotatable bonds is 4. The van der Waals surface area contributed by atoms with Crippen molar-refractivity contribution in [3.05, 3.63) is 28.5 Å². The summed E-state index contributed by atoms with van der Waals surface area (Å²) in [7, 11) is 0. The third-order valence-corrected chi connectivity index (χ3v) is 2.29. The minimum absolute atomic E-state index is 0.120. The van der Waals surface area contributed by atoms with E-state index in [1.54, 1.807) is 6.07 Å². The SMILES string of the molecule is CCC(O)COc1ccc(Br)cc1F. The van der Waals surface area contributed by atoms with Crippen LogP contribution in [0.4, 0.5) is 4.39 Å². The summed E-state index contributed by atoms with van der Waals surface area (Å²) in [6.45, 7) is 1.96. The van der Waals surface area contributed by atoms with Gasteiger partial charge in [0.25, 0.3) is 0 Å². The normalized spacial score (nSPS) is 12.6. The van der Waals surface area contributed by atoms with Crippen molar-refractivity contribution in [3.8, 4) is 5.75 Å². The van der Waals surface area contributed by atoms with Gasteiger partial charge in [-0.05, 0) is 24.6 Å². The second-order valence-electron chi connectivity index (χ2n) is 2.95. The average molecular weight is 263 g/mol. The van der Waals surface area contributed by atoms with Gasteiger partial charge in [0, 0.05) is 4.47 Å². The van der Waals surface area contributed by atoms with Gasteiger partial charge in [0.15, 0.2) is 11.6 Å². The maximum atomic E-state index is 13.2. The highest BCUT2D eigenvalue weighted by atomic mass is 79.9. The molecule has 0 aromatic heterocycles. The molecule has 1 atom stereocenters. The lowest BCUT2D eigenvalue weighted by Gasteiger charge is -2.10. The molecule has 1 unspecified atom stereocenters. The van der Waals surface area contributed by atoms with E-state index in [9.17, 15) is 9.50 Å². The van der Waals surface area contributed by atoms with E-state index in [4.69, 9.17) is 4.74 Å². The van der Waals surface area contributed by atoms with Gasteiger partial charge >= 0.3 is 0 Å². The number of hydrogen-bond donors (Lipinski definition) is 1. The third kappa shape index (κ3) is 3.27. The molecule has 0 heterocycles. The molecule has 0 saturated carbocycles. The maximum absolute atomic E-state index is 13.2. The molecule has 0 aliphatic rings. The number of hydrogen-bond acceptors (Lipinski definition) is 2. The minimum atomic E-state index is -0.543. The smallest absolute Gasteiger partial charge is 0.166 e. The van der Waals surface area contributed by atoms with Crippen molar-refractivity contribution in [1.29, 1.82) is 0 Å². The van der Waals surface area contributed by atoms with Gasteiger partial charge in [-0.1, -0.05) is 22.9 Å². The van der Waals surface area contributed by atoms with Crippen LogP contribution in [0, 0.1) is 5.82 Å². The maximum Gasteiger partial charge on any atom is 0.166 e. The van der Waals surface area contributed by atoms with E-state index in [0.29, 0.717) is 10.9 Å². The van der Waals surface area contributed by atoms with E-state index in [-0.39, 0.29) is 12.4 Å². The summed E-state index contributed by atoms with van der Waals surface area (Å²) in [6, 6.07) is 4.55. The quantitative estimate of drug-likeness (QED) is 0.905. The molecule has 0 radical (unpaired) electrons. The molecular weight excluding hydrogens is 251 g/mol. The molecule has 0 bridgehead atoms. The summed E-state index contributed by atoms with van der Waals surface area (Å²) in [4.78, 5) is 0. The predicted molar refractivity (Wildman–Crippen MR) is 55.9 cm³/mol. The van der Waals surface area contributed by atoms with Crippen molar-refractivity contribution in [3.63, 3.8) is 0 Å². The highest BCUT2D eigenvalue weighted by Gasteiger charge is 2.06. The second-order valence-corrected chi connectivity index (χ2v) is 3.86. The molecule has 0 fully saturated rings. The van der Waals surface area contributed by atoms with E-state index in [0.717, 1.165) is 0 Å². The highest BCUT2D eigenvalue weighted by molar-refractivity contribution is 9.10. The summed E-state index contributed by atoms with van der Waals surface area (Å²) >= 11 is 3.15. The summed E-state index contributed by atoms with van der Waals surface area (Å²) in [6.07, 6.45) is 0.0519. The van der Waals surface area contributed by atoms with Crippen LogP contribution in [0.2, 0.25) is 0 Å². The summed E-state index contributed by atoms with van der Waals surface area (Å²) in [5.41, 5.74) is 0. The van der Waals surface area contributed by atoms with Gasteiger partial charge in [-0.15, -0.1) is 0 Å². The van der Waals surface area contributed by atoms with E-state index in [1.165, 1.54) is 12.1 Å².